The molecule has 2 aromatic rings. The molecule has 0 aliphatic heterocycles. The van der Waals surface area contributed by atoms with E-state index in [4.69, 9.17) is 17.3 Å². The highest BCUT2D eigenvalue weighted by molar-refractivity contribution is 6.31. The smallest absolute Gasteiger partial charge is 0.0709 e. The third kappa shape index (κ3) is 2.27. The van der Waals surface area contributed by atoms with Crippen molar-refractivity contribution >= 4 is 17.3 Å². The van der Waals surface area contributed by atoms with Gasteiger partial charge in [-0.05, 0) is 55.7 Å². The number of nitrogens with zero attached hydrogens (tertiary/aromatic N) is 1. The Labute approximate surface area is 106 Å². The van der Waals surface area contributed by atoms with Gasteiger partial charge in [0.2, 0.25) is 0 Å². The van der Waals surface area contributed by atoms with Crippen LogP contribution in [0.5, 0.6) is 0 Å². The summed E-state index contributed by atoms with van der Waals surface area (Å²) in [5, 5.41) is 0.790. The van der Waals surface area contributed by atoms with Gasteiger partial charge in [-0.15, -0.1) is 0 Å². The number of pyridine rings is 1. The molecule has 1 aromatic heterocycles. The van der Waals surface area contributed by atoms with E-state index in [1.54, 1.807) is 6.20 Å². The SMILES string of the molecule is Cc1cc(-c2cc(C)c(Cl)cc2C)ncc1N. The lowest BCUT2D eigenvalue weighted by molar-refractivity contribution is 1.27. The maximum absolute atomic E-state index is 6.09. The average molecular weight is 247 g/mol. The van der Waals surface area contributed by atoms with Gasteiger partial charge in [-0.3, -0.25) is 4.98 Å². The Morgan fingerprint density at radius 2 is 1.71 bits per heavy atom. The lowest BCUT2D eigenvalue weighted by Crippen LogP contribution is -1.94. The van der Waals surface area contributed by atoms with Gasteiger partial charge in [0, 0.05) is 10.6 Å². The van der Waals surface area contributed by atoms with E-state index in [1.165, 1.54) is 0 Å². The first-order valence-corrected chi connectivity index (χ1v) is 5.86. The van der Waals surface area contributed by atoms with Crippen LogP contribution in [-0.4, -0.2) is 4.98 Å². The number of rotatable bonds is 1. The second-order valence-electron chi connectivity index (χ2n) is 4.34. The first kappa shape index (κ1) is 11.9. The average Bonchev–Trinajstić information content (AvgIpc) is 2.27. The molecule has 0 radical (unpaired) electrons. The minimum Gasteiger partial charge on any atom is -0.397 e. The lowest BCUT2D eigenvalue weighted by atomic mass is 10.0. The number of nitrogen functional groups attached to an aromatic ring is 1. The van der Waals surface area contributed by atoms with Crippen molar-refractivity contribution in [1.82, 2.24) is 4.98 Å². The summed E-state index contributed by atoms with van der Waals surface area (Å²) in [7, 11) is 0. The minimum atomic E-state index is 0.720. The number of anilines is 1. The number of nitrogens with two attached hydrogens (primary N) is 1. The van der Waals surface area contributed by atoms with Crippen molar-refractivity contribution in [2.75, 3.05) is 5.73 Å². The van der Waals surface area contributed by atoms with Crippen LogP contribution in [0.15, 0.2) is 24.4 Å². The van der Waals surface area contributed by atoms with Crippen LogP contribution in [0.1, 0.15) is 16.7 Å². The van der Waals surface area contributed by atoms with Crippen molar-refractivity contribution in [1.29, 1.82) is 0 Å². The van der Waals surface area contributed by atoms with E-state index in [-0.39, 0.29) is 0 Å². The maximum atomic E-state index is 6.09. The summed E-state index contributed by atoms with van der Waals surface area (Å²) in [5.41, 5.74) is 11.8. The van der Waals surface area contributed by atoms with Crippen molar-refractivity contribution in [3.8, 4) is 11.3 Å². The zero-order chi connectivity index (χ0) is 12.6. The molecule has 0 aliphatic carbocycles. The molecule has 0 spiro atoms. The predicted molar refractivity (Wildman–Crippen MR) is 73.3 cm³/mol. The molecule has 88 valence electrons. The molecule has 1 aromatic carbocycles. The van der Waals surface area contributed by atoms with Gasteiger partial charge in [0.1, 0.15) is 0 Å². The van der Waals surface area contributed by atoms with Crippen molar-refractivity contribution in [3.05, 3.63) is 46.1 Å². The zero-order valence-corrected chi connectivity index (χ0v) is 11.0. The molecule has 0 fully saturated rings. The van der Waals surface area contributed by atoms with Crippen LogP contribution in [0, 0.1) is 20.8 Å². The summed E-state index contributed by atoms with van der Waals surface area (Å²) in [6.07, 6.45) is 1.70. The molecule has 2 N–H and O–H groups in total. The Morgan fingerprint density at radius 3 is 2.35 bits per heavy atom. The Balaban J connectivity index is 2.60. The van der Waals surface area contributed by atoms with E-state index in [9.17, 15) is 0 Å². The number of aryl methyl sites for hydroxylation is 3. The van der Waals surface area contributed by atoms with Gasteiger partial charge in [-0.2, -0.15) is 0 Å². The molecule has 17 heavy (non-hydrogen) atoms. The van der Waals surface area contributed by atoms with Crippen LogP contribution in [0.2, 0.25) is 5.02 Å². The van der Waals surface area contributed by atoms with Gasteiger partial charge in [0.05, 0.1) is 17.6 Å². The molecule has 0 unspecified atom stereocenters. The molecule has 3 heteroatoms. The standard InChI is InChI=1S/C14H15ClN2/c1-8-5-12(15)9(2)4-11(8)14-6-10(3)13(16)7-17-14/h4-7H,16H2,1-3H3. The Hall–Kier alpha value is -1.54. The zero-order valence-electron chi connectivity index (χ0n) is 10.2. The van der Waals surface area contributed by atoms with Gasteiger partial charge >= 0.3 is 0 Å². The highest BCUT2D eigenvalue weighted by atomic mass is 35.5. The molecule has 0 aliphatic rings. The van der Waals surface area contributed by atoms with Gasteiger partial charge < -0.3 is 5.73 Å². The van der Waals surface area contributed by atoms with E-state index < -0.39 is 0 Å². The fourth-order valence-electron chi connectivity index (χ4n) is 1.77. The Bertz CT molecular complexity index is 577. The fraction of sp³-hybridized carbons (Fsp3) is 0.214. The third-order valence-corrected chi connectivity index (χ3v) is 3.34. The van der Waals surface area contributed by atoms with Crippen LogP contribution >= 0.6 is 11.6 Å². The van der Waals surface area contributed by atoms with Crippen molar-refractivity contribution < 1.29 is 0 Å². The van der Waals surface area contributed by atoms with E-state index in [0.29, 0.717) is 0 Å². The normalized spacial score (nSPS) is 10.6. The Kier molecular flexibility index (Phi) is 3.07. The second kappa shape index (κ2) is 4.38. The van der Waals surface area contributed by atoms with Crippen molar-refractivity contribution in [2.45, 2.75) is 20.8 Å². The van der Waals surface area contributed by atoms with Crippen molar-refractivity contribution in [2.24, 2.45) is 0 Å². The number of aromatic nitrogens is 1. The largest absolute Gasteiger partial charge is 0.397 e. The van der Waals surface area contributed by atoms with Crippen LogP contribution in [0.4, 0.5) is 5.69 Å². The van der Waals surface area contributed by atoms with Crippen molar-refractivity contribution in [3.63, 3.8) is 0 Å². The molecule has 0 amide bonds. The summed E-state index contributed by atoms with van der Waals surface area (Å²) in [6, 6.07) is 6.04. The van der Waals surface area contributed by atoms with E-state index in [0.717, 1.165) is 38.7 Å². The molecule has 0 atom stereocenters. The van der Waals surface area contributed by atoms with Crippen LogP contribution in [0.3, 0.4) is 0 Å². The Morgan fingerprint density at radius 1 is 1.00 bits per heavy atom. The highest BCUT2D eigenvalue weighted by Crippen LogP contribution is 2.28. The number of halogens is 1. The van der Waals surface area contributed by atoms with E-state index >= 15 is 0 Å². The minimum absolute atomic E-state index is 0.720. The number of hydrogen-bond acceptors (Lipinski definition) is 2. The molecule has 2 nitrogen and oxygen atoms in total. The molecular weight excluding hydrogens is 232 g/mol. The van der Waals surface area contributed by atoms with Crippen LogP contribution in [0.25, 0.3) is 11.3 Å². The monoisotopic (exact) mass is 246 g/mol. The fourth-order valence-corrected chi connectivity index (χ4v) is 1.99. The predicted octanol–water partition coefficient (Wildman–Crippen LogP) is 3.91. The van der Waals surface area contributed by atoms with Gasteiger partial charge in [0.15, 0.2) is 0 Å². The van der Waals surface area contributed by atoms with Gasteiger partial charge in [0.25, 0.3) is 0 Å². The molecule has 1 heterocycles. The molecule has 2 rings (SSSR count). The number of hydrogen-bond donors (Lipinski definition) is 1. The first-order chi connectivity index (χ1) is 7.99. The van der Waals surface area contributed by atoms with Crippen LogP contribution < -0.4 is 5.73 Å². The van der Waals surface area contributed by atoms with E-state index in [2.05, 4.69) is 11.1 Å². The summed E-state index contributed by atoms with van der Waals surface area (Å²) < 4.78 is 0. The first-order valence-electron chi connectivity index (χ1n) is 5.48. The van der Waals surface area contributed by atoms with Crippen LogP contribution in [-0.2, 0) is 0 Å². The highest BCUT2D eigenvalue weighted by Gasteiger charge is 2.07. The molecular formula is C14H15ClN2. The topological polar surface area (TPSA) is 38.9 Å². The van der Waals surface area contributed by atoms with E-state index in [1.807, 2.05) is 32.9 Å². The summed E-state index contributed by atoms with van der Waals surface area (Å²) >= 11 is 6.09. The molecule has 0 saturated heterocycles. The molecule has 0 bridgehead atoms. The quantitative estimate of drug-likeness (QED) is 0.829. The second-order valence-corrected chi connectivity index (χ2v) is 4.75. The van der Waals surface area contributed by atoms with Gasteiger partial charge in [-0.25, -0.2) is 0 Å². The van der Waals surface area contributed by atoms with Gasteiger partial charge in [-0.1, -0.05) is 11.6 Å². The maximum Gasteiger partial charge on any atom is 0.0709 e. The summed E-state index contributed by atoms with van der Waals surface area (Å²) in [6.45, 7) is 6.02. The third-order valence-electron chi connectivity index (χ3n) is 2.93. The number of benzene rings is 1. The summed E-state index contributed by atoms with van der Waals surface area (Å²) in [4.78, 5) is 4.37. The summed E-state index contributed by atoms with van der Waals surface area (Å²) in [5.74, 6) is 0. The lowest BCUT2D eigenvalue weighted by Gasteiger charge is -2.09. The molecule has 0 saturated carbocycles.